The van der Waals surface area contributed by atoms with Gasteiger partial charge < -0.3 is 4.74 Å². The molecule has 0 unspecified atom stereocenters. The highest BCUT2D eigenvalue weighted by atomic mass is 16.5. The van der Waals surface area contributed by atoms with Gasteiger partial charge in [-0.05, 0) is 49.2 Å². The zero-order valence-corrected chi connectivity index (χ0v) is 15.3. The van der Waals surface area contributed by atoms with Gasteiger partial charge in [-0.3, -0.25) is 19.3 Å². The molecule has 1 heterocycles. The highest BCUT2D eigenvalue weighted by molar-refractivity contribution is 6.22. The fraction of sp³-hybridized carbons (Fsp3) is 0.238. The molecular formula is C21H19NO5. The van der Waals surface area contributed by atoms with Crippen molar-refractivity contribution in [3.8, 4) is 5.75 Å². The predicted octanol–water partition coefficient (Wildman–Crippen LogP) is 3.12. The maximum absolute atomic E-state index is 12.8. The molecule has 0 saturated carbocycles. The zero-order valence-electron chi connectivity index (χ0n) is 15.3. The Balaban J connectivity index is 1.86. The van der Waals surface area contributed by atoms with Gasteiger partial charge >= 0.3 is 5.97 Å². The molecule has 0 N–H and O–H groups in total. The first kappa shape index (κ1) is 18.5. The molecule has 0 radical (unpaired) electrons. The van der Waals surface area contributed by atoms with E-state index in [-0.39, 0.29) is 28.6 Å². The summed E-state index contributed by atoms with van der Waals surface area (Å²) in [5, 5.41) is 0. The van der Waals surface area contributed by atoms with Crippen molar-refractivity contribution in [3.63, 3.8) is 0 Å². The van der Waals surface area contributed by atoms with E-state index >= 15 is 0 Å². The Kier molecular flexibility index (Phi) is 4.90. The van der Waals surface area contributed by atoms with Crippen molar-refractivity contribution in [2.45, 2.75) is 26.8 Å². The molecule has 0 aliphatic carbocycles. The van der Waals surface area contributed by atoms with Crippen molar-refractivity contribution in [1.29, 1.82) is 0 Å². The number of ether oxygens (including phenoxy) is 1. The van der Waals surface area contributed by atoms with E-state index in [0.29, 0.717) is 5.56 Å². The van der Waals surface area contributed by atoms with Crippen LogP contribution >= 0.6 is 0 Å². The molecule has 0 spiro atoms. The maximum atomic E-state index is 12.8. The van der Waals surface area contributed by atoms with Gasteiger partial charge in [0.2, 0.25) is 0 Å². The van der Waals surface area contributed by atoms with Crippen molar-refractivity contribution in [1.82, 2.24) is 4.90 Å². The van der Waals surface area contributed by atoms with Gasteiger partial charge in [0.05, 0.1) is 11.1 Å². The molecule has 2 amide bonds. The highest BCUT2D eigenvalue weighted by Gasteiger charge is 2.44. The van der Waals surface area contributed by atoms with Gasteiger partial charge in [-0.15, -0.1) is 0 Å². The van der Waals surface area contributed by atoms with Crippen LogP contribution in [0.15, 0.2) is 48.5 Å². The van der Waals surface area contributed by atoms with Crippen LogP contribution in [0, 0.1) is 5.92 Å². The number of ketones is 1. The standard InChI is InChI=1S/C21H19NO5/c1-12(2)18(21(26)27-15-10-8-14(9-11-15)13(3)23)22-19(24)16-6-4-5-7-17(16)20(22)25/h4-12,18H,1-3H3/t18-/m0/s1. The van der Waals surface area contributed by atoms with Gasteiger partial charge in [-0.25, -0.2) is 4.79 Å². The molecule has 6 heteroatoms. The number of carbonyl (C=O) groups excluding carboxylic acids is 4. The van der Waals surface area contributed by atoms with Crippen LogP contribution in [0.2, 0.25) is 0 Å². The van der Waals surface area contributed by atoms with Crippen LogP contribution in [-0.4, -0.2) is 34.5 Å². The summed E-state index contributed by atoms with van der Waals surface area (Å²) in [5.74, 6) is -1.89. The second kappa shape index (κ2) is 7.15. The van der Waals surface area contributed by atoms with E-state index in [0.717, 1.165) is 4.90 Å². The number of hydrogen-bond acceptors (Lipinski definition) is 5. The number of amides is 2. The van der Waals surface area contributed by atoms with Crippen LogP contribution < -0.4 is 4.74 Å². The van der Waals surface area contributed by atoms with Crippen molar-refractivity contribution in [3.05, 3.63) is 65.2 Å². The topological polar surface area (TPSA) is 80.8 Å². The maximum Gasteiger partial charge on any atom is 0.335 e. The summed E-state index contributed by atoms with van der Waals surface area (Å²) in [6, 6.07) is 11.6. The second-order valence-corrected chi connectivity index (χ2v) is 6.72. The van der Waals surface area contributed by atoms with E-state index < -0.39 is 23.8 Å². The Labute approximate surface area is 156 Å². The highest BCUT2D eigenvalue weighted by Crippen LogP contribution is 2.28. The number of fused-ring (bicyclic) bond motifs is 1. The largest absolute Gasteiger partial charge is 0.425 e. The van der Waals surface area contributed by atoms with Crippen molar-refractivity contribution in [2.75, 3.05) is 0 Å². The monoisotopic (exact) mass is 365 g/mol. The van der Waals surface area contributed by atoms with Crippen molar-refractivity contribution >= 4 is 23.6 Å². The molecule has 27 heavy (non-hydrogen) atoms. The molecule has 2 aromatic carbocycles. The lowest BCUT2D eigenvalue weighted by molar-refractivity contribution is -0.140. The Hall–Kier alpha value is -3.28. The number of benzene rings is 2. The van der Waals surface area contributed by atoms with E-state index in [1.807, 2.05) is 0 Å². The molecule has 2 aromatic rings. The van der Waals surface area contributed by atoms with E-state index in [1.165, 1.54) is 19.1 Å². The fourth-order valence-corrected chi connectivity index (χ4v) is 3.07. The smallest absolute Gasteiger partial charge is 0.335 e. The number of rotatable bonds is 5. The van der Waals surface area contributed by atoms with Gasteiger partial charge in [0.25, 0.3) is 11.8 Å². The minimum absolute atomic E-state index is 0.0982. The summed E-state index contributed by atoms with van der Waals surface area (Å²) in [4.78, 5) is 50.5. The summed E-state index contributed by atoms with van der Waals surface area (Å²) in [6.07, 6.45) is 0. The molecule has 1 aliphatic rings. The van der Waals surface area contributed by atoms with Crippen molar-refractivity contribution in [2.24, 2.45) is 5.92 Å². The summed E-state index contributed by atoms with van der Waals surface area (Å²) in [5.41, 5.74) is 1.06. The summed E-state index contributed by atoms with van der Waals surface area (Å²) >= 11 is 0. The van der Waals surface area contributed by atoms with Crippen LogP contribution in [0.4, 0.5) is 0 Å². The molecule has 3 rings (SSSR count). The fourth-order valence-electron chi connectivity index (χ4n) is 3.07. The SMILES string of the molecule is CC(=O)c1ccc(OC(=O)[C@H](C(C)C)N2C(=O)c3ccccc3C2=O)cc1. The van der Waals surface area contributed by atoms with Crippen LogP contribution in [-0.2, 0) is 4.79 Å². The molecule has 0 saturated heterocycles. The van der Waals surface area contributed by atoms with E-state index in [4.69, 9.17) is 4.74 Å². The molecule has 138 valence electrons. The lowest BCUT2D eigenvalue weighted by Crippen LogP contribution is -2.49. The minimum atomic E-state index is -1.05. The van der Waals surface area contributed by atoms with Crippen molar-refractivity contribution < 1.29 is 23.9 Å². The van der Waals surface area contributed by atoms with Crippen LogP contribution in [0.3, 0.4) is 0 Å². The molecular weight excluding hydrogens is 346 g/mol. The number of imide groups is 1. The number of carbonyl (C=O) groups is 4. The van der Waals surface area contributed by atoms with Gasteiger partial charge in [-0.2, -0.15) is 0 Å². The van der Waals surface area contributed by atoms with Crippen LogP contribution in [0.5, 0.6) is 5.75 Å². The molecule has 6 nitrogen and oxygen atoms in total. The average Bonchev–Trinajstić information content (AvgIpc) is 2.88. The van der Waals surface area contributed by atoms with Crippen LogP contribution in [0.25, 0.3) is 0 Å². The van der Waals surface area contributed by atoms with Crippen LogP contribution in [0.1, 0.15) is 51.8 Å². The Morgan fingerprint density at radius 3 is 1.85 bits per heavy atom. The number of hydrogen-bond donors (Lipinski definition) is 0. The number of Topliss-reactive ketones (excluding diaryl/α,β-unsaturated/α-hetero) is 1. The summed E-state index contributed by atoms with van der Waals surface area (Å²) in [7, 11) is 0. The quantitative estimate of drug-likeness (QED) is 0.352. The number of esters is 1. The lowest BCUT2D eigenvalue weighted by atomic mass is 10.0. The first-order valence-electron chi connectivity index (χ1n) is 8.61. The van der Waals surface area contributed by atoms with Gasteiger partial charge in [0.15, 0.2) is 5.78 Å². The Morgan fingerprint density at radius 2 is 1.41 bits per heavy atom. The van der Waals surface area contributed by atoms with E-state index in [2.05, 4.69) is 0 Å². The molecule has 1 aliphatic heterocycles. The number of nitrogens with zero attached hydrogens (tertiary/aromatic N) is 1. The third kappa shape index (κ3) is 3.38. The van der Waals surface area contributed by atoms with E-state index in [1.54, 1.807) is 50.2 Å². The Bertz CT molecular complexity index is 895. The van der Waals surface area contributed by atoms with Gasteiger partial charge in [0, 0.05) is 5.56 Å². The third-order valence-electron chi connectivity index (χ3n) is 4.46. The van der Waals surface area contributed by atoms with E-state index in [9.17, 15) is 19.2 Å². The van der Waals surface area contributed by atoms with Gasteiger partial charge in [0.1, 0.15) is 11.8 Å². The van der Waals surface area contributed by atoms with Gasteiger partial charge in [-0.1, -0.05) is 26.0 Å². The lowest BCUT2D eigenvalue weighted by Gasteiger charge is -2.27. The average molecular weight is 365 g/mol. The molecule has 0 aromatic heterocycles. The first-order chi connectivity index (χ1) is 12.8. The molecule has 0 bridgehead atoms. The zero-order chi connectivity index (χ0) is 19.7. The first-order valence-corrected chi connectivity index (χ1v) is 8.61. The molecule has 0 fully saturated rings. The Morgan fingerprint density at radius 1 is 0.889 bits per heavy atom. The second-order valence-electron chi connectivity index (χ2n) is 6.72. The third-order valence-corrected chi connectivity index (χ3v) is 4.46. The molecule has 1 atom stereocenters. The predicted molar refractivity (Wildman–Crippen MR) is 97.6 cm³/mol. The summed E-state index contributed by atoms with van der Waals surface area (Å²) in [6.45, 7) is 4.93. The summed E-state index contributed by atoms with van der Waals surface area (Å²) < 4.78 is 5.38. The minimum Gasteiger partial charge on any atom is -0.425 e. The normalized spacial score (nSPS) is 14.3.